The predicted molar refractivity (Wildman–Crippen MR) is 77.4 cm³/mol. The van der Waals surface area contributed by atoms with Crippen LogP contribution in [0, 0.1) is 0 Å². The minimum Gasteiger partial charge on any atom is -0.367 e. The summed E-state index contributed by atoms with van der Waals surface area (Å²) >= 11 is 0. The van der Waals surface area contributed by atoms with Gasteiger partial charge in [-0.25, -0.2) is 4.98 Å². The summed E-state index contributed by atoms with van der Waals surface area (Å²) in [5.74, 6) is 0.995. The van der Waals surface area contributed by atoms with Gasteiger partial charge in [-0.2, -0.15) is 4.98 Å². The molecule has 0 radical (unpaired) electrons. The number of aromatic amines is 1. The lowest BCUT2D eigenvalue weighted by Gasteiger charge is -2.27. The summed E-state index contributed by atoms with van der Waals surface area (Å²) in [7, 11) is 0. The van der Waals surface area contributed by atoms with Crippen molar-refractivity contribution in [3.8, 4) is 0 Å². The number of imidazole rings is 1. The molecule has 3 N–H and O–H groups in total. The number of hydrogen-bond acceptors (Lipinski definition) is 6. The van der Waals surface area contributed by atoms with Crippen molar-refractivity contribution in [2.75, 3.05) is 6.61 Å². The third-order valence-electron chi connectivity index (χ3n) is 3.72. The molecule has 0 saturated heterocycles. The van der Waals surface area contributed by atoms with E-state index in [0.29, 0.717) is 24.7 Å². The molecule has 7 heteroatoms. The maximum absolute atomic E-state index is 6.11. The van der Waals surface area contributed by atoms with Gasteiger partial charge in [-0.3, -0.25) is 0 Å². The predicted octanol–water partition coefficient (Wildman–Crippen LogP) is 2.09. The van der Waals surface area contributed by atoms with Gasteiger partial charge in [-0.05, 0) is 19.8 Å². The van der Waals surface area contributed by atoms with Gasteiger partial charge in [0.1, 0.15) is 5.60 Å². The Hall–Kier alpha value is -1.73. The number of aromatic nitrogens is 4. The zero-order chi connectivity index (χ0) is 15.3. The minimum atomic E-state index is -0.496. The average Bonchev–Trinajstić information content (AvgIpc) is 3.16. The summed E-state index contributed by atoms with van der Waals surface area (Å²) in [6.45, 7) is 6.68. The Morgan fingerprint density at radius 1 is 1.38 bits per heavy atom. The minimum absolute atomic E-state index is 0.361. The van der Waals surface area contributed by atoms with Crippen LogP contribution in [-0.4, -0.2) is 26.7 Å². The van der Waals surface area contributed by atoms with Gasteiger partial charge >= 0.3 is 0 Å². The lowest BCUT2D eigenvalue weighted by Crippen LogP contribution is -2.30. The van der Waals surface area contributed by atoms with Crippen LogP contribution in [-0.2, 0) is 16.8 Å². The van der Waals surface area contributed by atoms with Crippen molar-refractivity contribution in [1.82, 2.24) is 20.1 Å². The Morgan fingerprint density at radius 3 is 2.71 bits per heavy atom. The van der Waals surface area contributed by atoms with Gasteiger partial charge in [-0.1, -0.05) is 19.0 Å². The zero-order valence-corrected chi connectivity index (χ0v) is 12.8. The first-order chi connectivity index (χ1) is 10.1. The summed E-state index contributed by atoms with van der Waals surface area (Å²) < 4.78 is 11.2. The fourth-order valence-corrected chi connectivity index (χ4v) is 2.40. The molecule has 2 aromatic rings. The van der Waals surface area contributed by atoms with E-state index in [4.69, 9.17) is 15.0 Å². The van der Waals surface area contributed by atoms with E-state index >= 15 is 0 Å². The van der Waals surface area contributed by atoms with Gasteiger partial charge in [0.2, 0.25) is 11.7 Å². The van der Waals surface area contributed by atoms with E-state index in [0.717, 1.165) is 18.5 Å². The lowest BCUT2D eigenvalue weighted by molar-refractivity contribution is -0.0583. The molecule has 2 aromatic heterocycles. The number of hydrogen-bond donors (Lipinski definition) is 2. The number of H-pyrrole nitrogens is 1. The van der Waals surface area contributed by atoms with E-state index < -0.39 is 5.60 Å². The molecule has 0 amide bonds. The van der Waals surface area contributed by atoms with Gasteiger partial charge in [0.05, 0.1) is 12.4 Å². The highest BCUT2D eigenvalue weighted by molar-refractivity contribution is 5.06. The fraction of sp³-hybridized carbons (Fsp3) is 0.643. The molecule has 0 fully saturated rings. The molecule has 0 saturated carbocycles. The third-order valence-corrected chi connectivity index (χ3v) is 3.72. The summed E-state index contributed by atoms with van der Waals surface area (Å²) in [4.78, 5) is 11.4. The molecule has 1 atom stereocenters. The monoisotopic (exact) mass is 293 g/mol. The van der Waals surface area contributed by atoms with Crippen molar-refractivity contribution >= 4 is 0 Å². The van der Waals surface area contributed by atoms with Crippen LogP contribution in [0.25, 0.3) is 0 Å². The van der Waals surface area contributed by atoms with Crippen LogP contribution in [0.15, 0.2) is 17.0 Å². The fourth-order valence-electron chi connectivity index (χ4n) is 2.40. The first kappa shape index (κ1) is 15.7. The highest BCUT2D eigenvalue weighted by atomic mass is 16.5. The molecular formula is C14H23N5O2. The summed E-state index contributed by atoms with van der Waals surface area (Å²) in [5, 5.41) is 4.08. The standard InChI is InChI=1S/C14H23N5O2/c1-4-14(5-2,20-6-3)13-18-12(21-19-13)11(15)7-10-8-16-9-17-10/h8-9,11H,4-7,15H2,1-3H3,(H,16,17). The second kappa shape index (κ2) is 6.82. The molecule has 116 valence electrons. The van der Waals surface area contributed by atoms with Crippen molar-refractivity contribution in [2.45, 2.75) is 51.7 Å². The molecule has 0 aromatic carbocycles. The molecule has 0 aliphatic carbocycles. The van der Waals surface area contributed by atoms with Gasteiger partial charge in [0.25, 0.3) is 0 Å². The van der Waals surface area contributed by atoms with Gasteiger partial charge in [-0.15, -0.1) is 0 Å². The first-order valence-corrected chi connectivity index (χ1v) is 7.36. The quantitative estimate of drug-likeness (QED) is 0.772. The Morgan fingerprint density at radius 2 is 2.14 bits per heavy atom. The van der Waals surface area contributed by atoms with Crippen molar-refractivity contribution in [3.63, 3.8) is 0 Å². The molecule has 2 rings (SSSR count). The third kappa shape index (κ3) is 3.30. The molecule has 0 aliphatic rings. The van der Waals surface area contributed by atoms with E-state index in [9.17, 15) is 0 Å². The zero-order valence-electron chi connectivity index (χ0n) is 12.8. The van der Waals surface area contributed by atoms with Crippen LogP contribution >= 0.6 is 0 Å². The first-order valence-electron chi connectivity index (χ1n) is 7.36. The van der Waals surface area contributed by atoms with Crippen LogP contribution in [0.2, 0.25) is 0 Å². The summed E-state index contributed by atoms with van der Waals surface area (Å²) in [5.41, 5.74) is 6.55. The molecule has 0 spiro atoms. The summed E-state index contributed by atoms with van der Waals surface area (Å²) in [6, 6.07) is -0.361. The van der Waals surface area contributed by atoms with Crippen molar-refractivity contribution < 1.29 is 9.26 Å². The Bertz CT molecular complexity index is 533. The maximum Gasteiger partial charge on any atom is 0.244 e. The van der Waals surface area contributed by atoms with Crippen LogP contribution < -0.4 is 5.73 Å². The van der Waals surface area contributed by atoms with Gasteiger partial charge < -0.3 is 20.0 Å². The average molecular weight is 293 g/mol. The van der Waals surface area contributed by atoms with Crippen LogP contribution in [0.5, 0.6) is 0 Å². The van der Waals surface area contributed by atoms with Gasteiger partial charge in [0.15, 0.2) is 0 Å². The number of nitrogens with zero attached hydrogens (tertiary/aromatic N) is 3. The number of ether oxygens (including phenoxy) is 1. The SMILES string of the molecule is CCOC(CC)(CC)c1noc(C(N)Cc2cnc[nH]2)n1. The Labute approximate surface area is 124 Å². The van der Waals surface area contributed by atoms with Crippen molar-refractivity contribution in [1.29, 1.82) is 0 Å². The van der Waals surface area contributed by atoms with E-state index in [2.05, 4.69) is 34.0 Å². The Kier molecular flexibility index (Phi) is 5.08. The highest BCUT2D eigenvalue weighted by Gasteiger charge is 2.35. The van der Waals surface area contributed by atoms with E-state index in [1.165, 1.54) is 0 Å². The smallest absolute Gasteiger partial charge is 0.244 e. The topological polar surface area (TPSA) is 103 Å². The van der Waals surface area contributed by atoms with Crippen molar-refractivity contribution in [2.24, 2.45) is 5.73 Å². The van der Waals surface area contributed by atoms with E-state index in [-0.39, 0.29) is 6.04 Å². The maximum atomic E-state index is 6.11. The molecule has 21 heavy (non-hydrogen) atoms. The normalized spacial score (nSPS) is 13.5. The van der Waals surface area contributed by atoms with E-state index in [1.54, 1.807) is 12.5 Å². The van der Waals surface area contributed by atoms with Gasteiger partial charge in [0, 0.05) is 24.9 Å². The molecule has 7 nitrogen and oxygen atoms in total. The number of nitrogens with two attached hydrogens (primary N) is 1. The second-order valence-electron chi connectivity index (χ2n) is 4.98. The molecule has 0 bridgehead atoms. The van der Waals surface area contributed by atoms with Crippen molar-refractivity contribution in [3.05, 3.63) is 29.9 Å². The largest absolute Gasteiger partial charge is 0.367 e. The van der Waals surface area contributed by atoms with Crippen LogP contribution in [0.1, 0.15) is 57.1 Å². The Balaban J connectivity index is 2.16. The molecule has 0 aliphatic heterocycles. The second-order valence-corrected chi connectivity index (χ2v) is 4.98. The highest BCUT2D eigenvalue weighted by Crippen LogP contribution is 2.31. The van der Waals surface area contributed by atoms with Crippen LogP contribution in [0.4, 0.5) is 0 Å². The van der Waals surface area contributed by atoms with Crippen LogP contribution in [0.3, 0.4) is 0 Å². The molecule has 1 unspecified atom stereocenters. The molecule has 2 heterocycles. The summed E-state index contributed by atoms with van der Waals surface area (Å²) in [6.07, 6.45) is 5.50. The lowest BCUT2D eigenvalue weighted by atomic mass is 9.96. The van der Waals surface area contributed by atoms with E-state index in [1.807, 2.05) is 6.92 Å². The molecular weight excluding hydrogens is 270 g/mol. The number of nitrogens with one attached hydrogen (secondary N) is 1. The number of rotatable bonds is 8.